The number of allylic oxidation sites excluding steroid dienone is 4. The molecule has 0 unspecified atom stereocenters. The van der Waals surface area contributed by atoms with Crippen LogP contribution in [-0.4, -0.2) is 0 Å². The summed E-state index contributed by atoms with van der Waals surface area (Å²) < 4.78 is 0. The lowest BCUT2D eigenvalue weighted by Crippen LogP contribution is -1.48. The first kappa shape index (κ1) is 6.48. The highest BCUT2D eigenvalue weighted by Crippen LogP contribution is 1.79. The summed E-state index contributed by atoms with van der Waals surface area (Å²) in [5.74, 6) is 0. The minimum atomic E-state index is 1.10. The van der Waals surface area contributed by atoms with E-state index in [0.29, 0.717) is 0 Å². The highest BCUT2D eigenvalue weighted by molar-refractivity contribution is 5.02. The average Bonchev–Trinajstić information content (AvgIpc) is 1.69. The van der Waals surface area contributed by atoms with Gasteiger partial charge in [0.15, 0.2) is 0 Å². The van der Waals surface area contributed by atoms with Crippen molar-refractivity contribution in [2.24, 2.45) is 0 Å². The van der Waals surface area contributed by atoms with E-state index in [0.717, 1.165) is 6.42 Å². The molecule has 1 radical (unpaired) electrons. The largest absolute Gasteiger partial charge is 0.0848 e. The molecule has 0 N–H and O–H groups in total. The van der Waals surface area contributed by atoms with Crippen molar-refractivity contribution in [2.45, 2.75) is 13.3 Å². The van der Waals surface area contributed by atoms with Gasteiger partial charge < -0.3 is 0 Å². The minimum absolute atomic E-state index is 1.10. The van der Waals surface area contributed by atoms with Gasteiger partial charge in [0.2, 0.25) is 0 Å². The summed E-state index contributed by atoms with van der Waals surface area (Å²) in [6.45, 7) is 5.63. The van der Waals surface area contributed by atoms with Crippen LogP contribution in [0.4, 0.5) is 0 Å². The van der Waals surface area contributed by atoms with Gasteiger partial charge in [-0.15, -0.1) is 0 Å². The Morgan fingerprint density at radius 3 is 2.57 bits per heavy atom. The Bertz CT molecular complexity index is 68.1. The maximum Gasteiger partial charge on any atom is -0.0313 e. The molecule has 0 aliphatic heterocycles. The minimum Gasteiger partial charge on any atom is -0.0848 e. The lowest BCUT2D eigenvalue weighted by molar-refractivity contribution is 1.22. The summed E-state index contributed by atoms with van der Waals surface area (Å²) in [4.78, 5) is 0. The zero-order valence-corrected chi connectivity index (χ0v) is 4.72. The predicted molar refractivity (Wildman–Crippen MR) is 33.9 cm³/mol. The summed E-state index contributed by atoms with van der Waals surface area (Å²) in [5, 5.41) is 0. The van der Waals surface area contributed by atoms with Crippen LogP contribution < -0.4 is 0 Å². The molecule has 0 amide bonds. The molecule has 39 valence electrons. The molecule has 0 spiro atoms. The van der Waals surface area contributed by atoms with E-state index in [2.05, 4.69) is 19.9 Å². The fraction of sp³-hybridized carbons (Fsp3) is 0.286. The van der Waals surface area contributed by atoms with Crippen LogP contribution in [0.3, 0.4) is 0 Å². The second-order valence-electron chi connectivity index (χ2n) is 1.26. The van der Waals surface area contributed by atoms with Crippen molar-refractivity contribution in [3.05, 3.63) is 31.2 Å². The van der Waals surface area contributed by atoms with E-state index in [1.807, 2.05) is 12.2 Å². The van der Waals surface area contributed by atoms with Crippen LogP contribution in [-0.2, 0) is 0 Å². The van der Waals surface area contributed by atoms with Gasteiger partial charge in [0.05, 0.1) is 0 Å². The second kappa shape index (κ2) is 5.48. The van der Waals surface area contributed by atoms with Crippen LogP contribution in [0.25, 0.3) is 0 Å². The fourth-order valence-electron chi connectivity index (χ4n) is 0.293. The molecule has 0 aliphatic rings. The summed E-state index contributed by atoms with van der Waals surface area (Å²) in [7, 11) is 0. The van der Waals surface area contributed by atoms with Crippen LogP contribution in [0.2, 0.25) is 0 Å². The van der Waals surface area contributed by atoms with E-state index in [4.69, 9.17) is 0 Å². The van der Waals surface area contributed by atoms with Gasteiger partial charge >= 0.3 is 0 Å². The van der Waals surface area contributed by atoms with Crippen molar-refractivity contribution in [1.29, 1.82) is 0 Å². The third-order valence-corrected chi connectivity index (χ3v) is 0.619. The maximum absolute atomic E-state index is 3.53. The van der Waals surface area contributed by atoms with E-state index in [1.54, 1.807) is 6.08 Å². The Labute approximate surface area is 45.5 Å². The molecule has 0 atom stereocenters. The molecule has 0 rings (SSSR count). The van der Waals surface area contributed by atoms with Crippen LogP contribution in [0.15, 0.2) is 24.3 Å². The first-order chi connectivity index (χ1) is 3.41. The average molecular weight is 95.2 g/mol. The van der Waals surface area contributed by atoms with E-state index in [9.17, 15) is 0 Å². The van der Waals surface area contributed by atoms with Gasteiger partial charge in [-0.05, 0) is 13.3 Å². The highest BCUT2D eigenvalue weighted by atomic mass is 13.6. The van der Waals surface area contributed by atoms with Gasteiger partial charge in [0, 0.05) is 0 Å². The normalized spacial score (nSPS) is 11.7. The Kier molecular flexibility index (Phi) is 5.07. The van der Waals surface area contributed by atoms with Crippen molar-refractivity contribution in [3.8, 4) is 0 Å². The summed E-state index contributed by atoms with van der Waals surface area (Å²) in [6, 6.07) is 0. The fourth-order valence-corrected chi connectivity index (χ4v) is 0.293. The molecule has 7 heavy (non-hydrogen) atoms. The zero-order chi connectivity index (χ0) is 5.54. The maximum atomic E-state index is 3.53. The molecule has 0 fully saturated rings. The van der Waals surface area contributed by atoms with Gasteiger partial charge in [-0.2, -0.15) is 0 Å². The molecule has 0 aliphatic carbocycles. The third kappa shape index (κ3) is 5.48. The first-order valence-corrected chi connectivity index (χ1v) is 2.52. The third-order valence-electron chi connectivity index (χ3n) is 0.619. The molecule has 0 aromatic heterocycles. The molecule has 0 saturated carbocycles. The molecule has 0 bridgehead atoms. The van der Waals surface area contributed by atoms with Gasteiger partial charge in [0.25, 0.3) is 0 Å². The molecule has 0 aromatic rings. The van der Waals surface area contributed by atoms with Crippen molar-refractivity contribution in [1.82, 2.24) is 0 Å². The van der Waals surface area contributed by atoms with Crippen molar-refractivity contribution in [3.63, 3.8) is 0 Å². The number of hydrogen-bond donors (Lipinski definition) is 0. The van der Waals surface area contributed by atoms with Crippen molar-refractivity contribution in [2.75, 3.05) is 0 Å². The molecule has 0 nitrogen and oxygen atoms in total. The van der Waals surface area contributed by atoms with Crippen LogP contribution in [0.1, 0.15) is 13.3 Å². The quantitative estimate of drug-likeness (QED) is 0.462. The van der Waals surface area contributed by atoms with Gasteiger partial charge in [0.1, 0.15) is 0 Å². The van der Waals surface area contributed by atoms with Crippen LogP contribution in [0, 0.1) is 6.92 Å². The molecular weight excluding hydrogens is 84.1 g/mol. The zero-order valence-electron chi connectivity index (χ0n) is 4.72. The lowest BCUT2D eigenvalue weighted by Gasteiger charge is -1.70. The number of rotatable bonds is 2. The van der Waals surface area contributed by atoms with Gasteiger partial charge in [-0.1, -0.05) is 31.2 Å². The Morgan fingerprint density at radius 1 is 1.43 bits per heavy atom. The van der Waals surface area contributed by atoms with E-state index in [1.165, 1.54) is 0 Å². The smallest absolute Gasteiger partial charge is 0.0313 e. The predicted octanol–water partition coefficient (Wildman–Crippen LogP) is 2.34. The second-order valence-corrected chi connectivity index (χ2v) is 1.26. The van der Waals surface area contributed by atoms with E-state index >= 15 is 0 Å². The number of hydrogen-bond acceptors (Lipinski definition) is 0. The summed E-state index contributed by atoms with van der Waals surface area (Å²) >= 11 is 0. The van der Waals surface area contributed by atoms with E-state index < -0.39 is 0 Å². The topological polar surface area (TPSA) is 0 Å². The molecular formula is C7H11. The van der Waals surface area contributed by atoms with Gasteiger partial charge in [-0.3, -0.25) is 0 Å². The Balaban J connectivity index is 3.09. The molecule has 0 saturated heterocycles. The van der Waals surface area contributed by atoms with E-state index in [-0.39, 0.29) is 0 Å². The van der Waals surface area contributed by atoms with Crippen molar-refractivity contribution < 1.29 is 0 Å². The lowest BCUT2D eigenvalue weighted by atomic mass is 10.4. The van der Waals surface area contributed by atoms with Crippen molar-refractivity contribution >= 4 is 0 Å². The summed E-state index contributed by atoms with van der Waals surface area (Å²) in [6.07, 6.45) is 8.87. The standard InChI is InChI=1S/C7H11/c1-3-5-7-6-4-2/h3,5-7H,1,4H2,2H3/b5-3+,7-6+. The monoisotopic (exact) mass is 95.1 g/mol. The van der Waals surface area contributed by atoms with Crippen LogP contribution >= 0.6 is 0 Å². The first-order valence-electron chi connectivity index (χ1n) is 2.52. The summed E-state index contributed by atoms with van der Waals surface area (Å²) in [5.41, 5.74) is 0. The molecule has 0 aromatic carbocycles. The molecule has 0 heterocycles. The SMILES string of the molecule is [CH2]/C=C/C=C/CC. The Hall–Kier alpha value is -0.520. The molecule has 0 heteroatoms. The Morgan fingerprint density at radius 2 is 2.14 bits per heavy atom. The highest BCUT2D eigenvalue weighted by Gasteiger charge is 1.57. The van der Waals surface area contributed by atoms with Crippen LogP contribution in [0.5, 0.6) is 0 Å². The van der Waals surface area contributed by atoms with Gasteiger partial charge in [-0.25, -0.2) is 0 Å².